The highest BCUT2D eigenvalue weighted by Gasteiger charge is 2.09. The Morgan fingerprint density at radius 2 is 2.44 bits per heavy atom. The van der Waals surface area contributed by atoms with E-state index in [0.29, 0.717) is 6.04 Å². The lowest BCUT2D eigenvalue weighted by Crippen LogP contribution is -2.20. The molecule has 0 aliphatic carbocycles. The zero-order chi connectivity index (χ0) is 11.4. The number of rotatable bonds is 5. The van der Waals surface area contributed by atoms with Crippen LogP contribution in [0.15, 0.2) is 29.2 Å². The third kappa shape index (κ3) is 2.51. The molecule has 0 saturated heterocycles. The molecule has 2 aromatic rings. The predicted octanol–water partition coefficient (Wildman–Crippen LogP) is 2.66. The molecule has 0 radical (unpaired) electrons. The Morgan fingerprint density at radius 1 is 1.56 bits per heavy atom. The third-order valence-electron chi connectivity index (χ3n) is 2.63. The molecule has 0 aliphatic rings. The molecule has 1 unspecified atom stereocenters. The van der Waals surface area contributed by atoms with Crippen molar-refractivity contribution in [3.63, 3.8) is 0 Å². The van der Waals surface area contributed by atoms with Gasteiger partial charge in [-0.1, -0.05) is 6.92 Å². The molecular weight excluding hydrogens is 218 g/mol. The average Bonchev–Trinajstić information content (AvgIpc) is 2.90. The molecular formula is C12H17N3S. The molecule has 0 fully saturated rings. The number of nitrogens with one attached hydrogen (secondary N) is 1. The Hall–Kier alpha value is -1.13. The van der Waals surface area contributed by atoms with Crippen molar-refractivity contribution in [3.05, 3.63) is 40.6 Å². The summed E-state index contributed by atoms with van der Waals surface area (Å²) >= 11 is 1.65. The maximum atomic E-state index is 4.31. The lowest BCUT2D eigenvalue weighted by Gasteiger charge is -2.15. The molecule has 0 aliphatic heterocycles. The van der Waals surface area contributed by atoms with Crippen LogP contribution in [-0.2, 0) is 6.54 Å². The standard InChI is InChI=1S/C12H17N3S/c1-3-13-10(2)12-5-4-6-15(12)7-11-8-16-9-14-11/h4-6,8-10,13H,3,7H2,1-2H3. The van der Waals surface area contributed by atoms with Crippen LogP contribution in [0.25, 0.3) is 0 Å². The van der Waals surface area contributed by atoms with E-state index in [0.717, 1.165) is 18.8 Å². The van der Waals surface area contributed by atoms with Gasteiger partial charge < -0.3 is 9.88 Å². The summed E-state index contributed by atoms with van der Waals surface area (Å²) in [5, 5.41) is 5.53. The van der Waals surface area contributed by atoms with E-state index in [1.807, 2.05) is 5.51 Å². The molecule has 86 valence electrons. The maximum Gasteiger partial charge on any atom is 0.0795 e. The van der Waals surface area contributed by atoms with E-state index in [9.17, 15) is 0 Å². The second-order valence-electron chi connectivity index (χ2n) is 3.82. The van der Waals surface area contributed by atoms with E-state index in [2.05, 4.69) is 52.4 Å². The molecule has 0 aromatic carbocycles. The highest BCUT2D eigenvalue weighted by atomic mass is 32.1. The van der Waals surface area contributed by atoms with E-state index in [1.54, 1.807) is 11.3 Å². The van der Waals surface area contributed by atoms with Gasteiger partial charge in [0.25, 0.3) is 0 Å². The topological polar surface area (TPSA) is 29.9 Å². The number of hydrogen-bond donors (Lipinski definition) is 1. The van der Waals surface area contributed by atoms with Crippen LogP contribution in [-0.4, -0.2) is 16.1 Å². The summed E-state index contributed by atoms with van der Waals surface area (Å²) < 4.78 is 2.25. The molecule has 1 N–H and O–H groups in total. The zero-order valence-electron chi connectivity index (χ0n) is 9.68. The smallest absolute Gasteiger partial charge is 0.0795 e. The minimum atomic E-state index is 0.388. The molecule has 2 heterocycles. The highest BCUT2D eigenvalue weighted by Crippen LogP contribution is 2.15. The van der Waals surface area contributed by atoms with Gasteiger partial charge >= 0.3 is 0 Å². The van der Waals surface area contributed by atoms with Crippen molar-refractivity contribution >= 4 is 11.3 Å². The third-order valence-corrected chi connectivity index (χ3v) is 3.27. The largest absolute Gasteiger partial charge is 0.344 e. The minimum absolute atomic E-state index is 0.388. The second kappa shape index (κ2) is 5.27. The average molecular weight is 235 g/mol. The van der Waals surface area contributed by atoms with E-state index < -0.39 is 0 Å². The van der Waals surface area contributed by atoms with Crippen LogP contribution >= 0.6 is 11.3 Å². The first-order chi connectivity index (χ1) is 7.81. The van der Waals surface area contributed by atoms with Crippen molar-refractivity contribution in [1.29, 1.82) is 0 Å². The fraction of sp³-hybridized carbons (Fsp3) is 0.417. The van der Waals surface area contributed by atoms with Crippen molar-refractivity contribution in [2.24, 2.45) is 0 Å². The minimum Gasteiger partial charge on any atom is -0.344 e. The SMILES string of the molecule is CCNC(C)c1cccn1Cc1cscn1. The Morgan fingerprint density at radius 3 is 3.12 bits per heavy atom. The van der Waals surface area contributed by atoms with Gasteiger partial charge in [0.2, 0.25) is 0 Å². The molecule has 1 atom stereocenters. The van der Waals surface area contributed by atoms with Gasteiger partial charge in [-0.25, -0.2) is 4.98 Å². The lowest BCUT2D eigenvalue weighted by molar-refractivity contribution is 0.552. The number of nitrogens with zero attached hydrogens (tertiary/aromatic N) is 2. The van der Waals surface area contributed by atoms with Gasteiger partial charge in [0, 0.05) is 23.3 Å². The van der Waals surface area contributed by atoms with Gasteiger partial charge in [-0.2, -0.15) is 0 Å². The van der Waals surface area contributed by atoms with E-state index >= 15 is 0 Å². The highest BCUT2D eigenvalue weighted by molar-refractivity contribution is 7.07. The monoisotopic (exact) mass is 235 g/mol. The molecule has 0 spiro atoms. The number of hydrogen-bond acceptors (Lipinski definition) is 3. The Balaban J connectivity index is 2.13. The van der Waals surface area contributed by atoms with Crippen molar-refractivity contribution in [2.75, 3.05) is 6.54 Å². The van der Waals surface area contributed by atoms with Gasteiger partial charge in [-0.3, -0.25) is 0 Å². The van der Waals surface area contributed by atoms with Crippen LogP contribution in [0.4, 0.5) is 0 Å². The van der Waals surface area contributed by atoms with Gasteiger partial charge in [0.15, 0.2) is 0 Å². The quantitative estimate of drug-likeness (QED) is 0.863. The first-order valence-electron chi connectivity index (χ1n) is 5.56. The summed E-state index contributed by atoms with van der Waals surface area (Å²) in [5.74, 6) is 0. The number of thiazole rings is 1. The second-order valence-corrected chi connectivity index (χ2v) is 4.54. The summed E-state index contributed by atoms with van der Waals surface area (Å²) in [6, 6.07) is 4.65. The number of aromatic nitrogens is 2. The van der Waals surface area contributed by atoms with Crippen LogP contribution in [0.5, 0.6) is 0 Å². The molecule has 4 heteroatoms. The molecule has 2 aromatic heterocycles. The Labute approximate surface area is 100 Å². The fourth-order valence-corrected chi connectivity index (χ4v) is 2.41. The van der Waals surface area contributed by atoms with Gasteiger partial charge in [0.1, 0.15) is 0 Å². The maximum absolute atomic E-state index is 4.31. The molecule has 0 saturated carbocycles. The Bertz CT molecular complexity index is 419. The molecule has 0 bridgehead atoms. The summed E-state index contributed by atoms with van der Waals surface area (Å²) in [6.45, 7) is 6.17. The van der Waals surface area contributed by atoms with Gasteiger partial charge in [-0.15, -0.1) is 11.3 Å². The van der Waals surface area contributed by atoms with Crippen LogP contribution in [0.1, 0.15) is 31.3 Å². The zero-order valence-corrected chi connectivity index (χ0v) is 10.5. The van der Waals surface area contributed by atoms with E-state index in [1.165, 1.54) is 5.69 Å². The fourth-order valence-electron chi connectivity index (χ4n) is 1.87. The first kappa shape index (κ1) is 11.4. The summed E-state index contributed by atoms with van der Waals surface area (Å²) in [4.78, 5) is 4.31. The van der Waals surface area contributed by atoms with Crippen LogP contribution in [0, 0.1) is 0 Å². The molecule has 16 heavy (non-hydrogen) atoms. The molecule has 3 nitrogen and oxygen atoms in total. The molecule has 0 amide bonds. The summed E-state index contributed by atoms with van der Waals surface area (Å²) in [7, 11) is 0. The van der Waals surface area contributed by atoms with Gasteiger partial charge in [0.05, 0.1) is 17.7 Å². The van der Waals surface area contributed by atoms with Crippen LogP contribution < -0.4 is 5.32 Å². The van der Waals surface area contributed by atoms with Crippen molar-refractivity contribution in [2.45, 2.75) is 26.4 Å². The predicted molar refractivity (Wildman–Crippen MR) is 67.7 cm³/mol. The van der Waals surface area contributed by atoms with Crippen molar-refractivity contribution in [1.82, 2.24) is 14.9 Å². The molecule has 2 rings (SSSR count). The van der Waals surface area contributed by atoms with Crippen LogP contribution in [0.2, 0.25) is 0 Å². The van der Waals surface area contributed by atoms with Crippen LogP contribution in [0.3, 0.4) is 0 Å². The van der Waals surface area contributed by atoms with E-state index in [-0.39, 0.29) is 0 Å². The lowest BCUT2D eigenvalue weighted by atomic mass is 10.2. The Kier molecular flexibility index (Phi) is 3.74. The van der Waals surface area contributed by atoms with Gasteiger partial charge in [-0.05, 0) is 25.6 Å². The van der Waals surface area contributed by atoms with Crippen molar-refractivity contribution in [3.8, 4) is 0 Å². The first-order valence-corrected chi connectivity index (χ1v) is 6.51. The van der Waals surface area contributed by atoms with E-state index in [4.69, 9.17) is 0 Å². The normalized spacial score (nSPS) is 12.9. The summed E-state index contributed by atoms with van der Waals surface area (Å²) in [5.41, 5.74) is 4.33. The van der Waals surface area contributed by atoms with Crippen molar-refractivity contribution < 1.29 is 0 Å². The summed E-state index contributed by atoms with van der Waals surface area (Å²) in [6.07, 6.45) is 2.11.